The molecule has 120 valence electrons. The van der Waals surface area contributed by atoms with Gasteiger partial charge in [0.05, 0.1) is 7.11 Å². The van der Waals surface area contributed by atoms with Gasteiger partial charge >= 0.3 is 0 Å². The highest BCUT2D eigenvalue weighted by Gasteiger charge is 2.06. The van der Waals surface area contributed by atoms with Crippen molar-refractivity contribution in [1.82, 2.24) is 5.32 Å². The molecule has 3 N–H and O–H groups in total. The lowest BCUT2D eigenvalue weighted by molar-refractivity contribution is -0.120. The third-order valence-corrected chi connectivity index (χ3v) is 2.67. The Bertz CT molecular complexity index is 553. The van der Waals surface area contributed by atoms with Gasteiger partial charge in [0, 0.05) is 12.6 Å². The molecule has 22 heavy (non-hydrogen) atoms. The van der Waals surface area contributed by atoms with Crippen molar-refractivity contribution in [3.05, 3.63) is 29.8 Å². The molecule has 2 amide bonds. The summed E-state index contributed by atoms with van der Waals surface area (Å²) >= 11 is 0. The molecule has 0 heterocycles. The molecule has 0 unspecified atom stereocenters. The molecule has 0 atom stereocenters. The summed E-state index contributed by atoms with van der Waals surface area (Å²) in [7, 11) is 1.50. The van der Waals surface area contributed by atoms with Crippen LogP contribution in [0.1, 0.15) is 19.4 Å². The minimum Gasteiger partial charge on any atom is -0.493 e. The number of rotatable bonds is 8. The Balaban J connectivity index is 2.72. The highest BCUT2D eigenvalue weighted by atomic mass is 16.5. The molecule has 6 nitrogen and oxygen atoms in total. The third-order valence-electron chi connectivity index (χ3n) is 2.67. The van der Waals surface area contributed by atoms with Crippen LogP contribution in [0.15, 0.2) is 24.3 Å². The molecule has 0 saturated heterocycles. The van der Waals surface area contributed by atoms with Gasteiger partial charge in [-0.2, -0.15) is 0 Å². The molecular weight excluding hydrogens is 284 g/mol. The van der Waals surface area contributed by atoms with E-state index in [1.165, 1.54) is 13.2 Å². The zero-order chi connectivity index (χ0) is 16.5. The van der Waals surface area contributed by atoms with Crippen LogP contribution in [0.4, 0.5) is 0 Å². The Kier molecular flexibility index (Phi) is 6.95. The van der Waals surface area contributed by atoms with Crippen molar-refractivity contribution in [1.29, 1.82) is 0 Å². The maximum atomic E-state index is 11.6. The quantitative estimate of drug-likeness (QED) is 0.709. The van der Waals surface area contributed by atoms with E-state index in [-0.39, 0.29) is 12.5 Å². The van der Waals surface area contributed by atoms with E-state index in [4.69, 9.17) is 15.2 Å². The molecule has 6 heteroatoms. The second-order valence-corrected chi connectivity index (χ2v) is 5.14. The first-order chi connectivity index (χ1) is 10.4. The monoisotopic (exact) mass is 306 g/mol. The van der Waals surface area contributed by atoms with E-state index in [0.717, 1.165) is 5.56 Å². The van der Waals surface area contributed by atoms with Gasteiger partial charge in [-0.3, -0.25) is 9.59 Å². The van der Waals surface area contributed by atoms with Crippen LogP contribution in [0.3, 0.4) is 0 Å². The number of ether oxygens (including phenoxy) is 2. The average molecular weight is 306 g/mol. The van der Waals surface area contributed by atoms with Crippen molar-refractivity contribution in [2.75, 3.05) is 20.3 Å². The minimum absolute atomic E-state index is 0.151. The summed E-state index contributed by atoms with van der Waals surface area (Å²) in [5.41, 5.74) is 5.81. The van der Waals surface area contributed by atoms with E-state index in [0.29, 0.717) is 24.0 Å². The van der Waals surface area contributed by atoms with Crippen LogP contribution in [0.25, 0.3) is 6.08 Å². The number of hydrogen-bond donors (Lipinski definition) is 2. The highest BCUT2D eigenvalue weighted by Crippen LogP contribution is 2.28. The topological polar surface area (TPSA) is 90.7 Å². The number of amides is 2. The smallest absolute Gasteiger partial charge is 0.255 e. The zero-order valence-corrected chi connectivity index (χ0v) is 13.1. The molecule has 0 spiro atoms. The third kappa shape index (κ3) is 6.30. The van der Waals surface area contributed by atoms with Crippen molar-refractivity contribution >= 4 is 17.9 Å². The Labute approximate surface area is 130 Å². The summed E-state index contributed by atoms with van der Waals surface area (Å²) in [6.45, 7) is 4.47. The molecule has 0 aliphatic carbocycles. The first kappa shape index (κ1) is 17.6. The van der Waals surface area contributed by atoms with Crippen LogP contribution in [0, 0.1) is 5.92 Å². The lowest BCUT2D eigenvalue weighted by Crippen LogP contribution is -2.25. The second kappa shape index (κ2) is 8.71. The van der Waals surface area contributed by atoms with Gasteiger partial charge in [0.2, 0.25) is 5.91 Å². The van der Waals surface area contributed by atoms with Gasteiger partial charge in [0.1, 0.15) is 0 Å². The summed E-state index contributed by atoms with van der Waals surface area (Å²) in [4.78, 5) is 22.3. The summed E-state index contributed by atoms with van der Waals surface area (Å²) in [5.74, 6) is 0.572. The van der Waals surface area contributed by atoms with E-state index in [2.05, 4.69) is 5.32 Å². The molecule has 1 rings (SSSR count). The van der Waals surface area contributed by atoms with Crippen molar-refractivity contribution in [2.45, 2.75) is 13.8 Å². The number of methoxy groups -OCH3 is 1. The SMILES string of the molecule is COc1cc(/C=C/C(=O)NCC(C)C)ccc1OCC(N)=O. The van der Waals surface area contributed by atoms with Gasteiger partial charge in [-0.15, -0.1) is 0 Å². The molecular formula is C16H22N2O4. The van der Waals surface area contributed by atoms with Gasteiger partial charge in [-0.05, 0) is 29.7 Å². The molecule has 0 radical (unpaired) electrons. The van der Waals surface area contributed by atoms with Gasteiger partial charge in [-0.1, -0.05) is 19.9 Å². The van der Waals surface area contributed by atoms with Crippen molar-refractivity contribution in [2.24, 2.45) is 11.7 Å². The van der Waals surface area contributed by atoms with Crippen molar-refractivity contribution < 1.29 is 19.1 Å². The van der Waals surface area contributed by atoms with E-state index in [1.54, 1.807) is 24.3 Å². The van der Waals surface area contributed by atoms with Crippen molar-refractivity contribution in [3.8, 4) is 11.5 Å². The molecule has 0 aromatic heterocycles. The zero-order valence-electron chi connectivity index (χ0n) is 13.1. The highest BCUT2D eigenvalue weighted by molar-refractivity contribution is 5.91. The maximum absolute atomic E-state index is 11.6. The number of primary amides is 1. The Hall–Kier alpha value is -2.50. The number of benzene rings is 1. The predicted octanol–water partition coefficient (Wildman–Crippen LogP) is 1.34. The number of nitrogens with two attached hydrogens (primary N) is 1. The summed E-state index contributed by atoms with van der Waals surface area (Å²) < 4.78 is 10.4. The van der Waals surface area contributed by atoms with Gasteiger partial charge in [-0.25, -0.2) is 0 Å². The largest absolute Gasteiger partial charge is 0.493 e. The lowest BCUT2D eigenvalue weighted by Gasteiger charge is -2.10. The normalized spacial score (nSPS) is 10.7. The number of carbonyl (C=O) groups is 2. The van der Waals surface area contributed by atoms with Gasteiger partial charge in [0.15, 0.2) is 18.1 Å². The first-order valence-electron chi connectivity index (χ1n) is 6.97. The first-order valence-corrected chi connectivity index (χ1v) is 6.97. The molecule has 0 saturated carbocycles. The fraction of sp³-hybridized carbons (Fsp3) is 0.375. The summed E-state index contributed by atoms with van der Waals surface area (Å²) in [6.07, 6.45) is 3.14. The van der Waals surface area contributed by atoms with Gasteiger partial charge < -0.3 is 20.5 Å². The second-order valence-electron chi connectivity index (χ2n) is 5.14. The Morgan fingerprint density at radius 1 is 1.32 bits per heavy atom. The van der Waals surface area contributed by atoms with Gasteiger partial charge in [0.25, 0.3) is 5.91 Å². The number of carbonyl (C=O) groups excluding carboxylic acids is 2. The number of nitrogens with one attached hydrogen (secondary N) is 1. The standard InChI is InChI=1S/C16H22N2O4/c1-11(2)9-18-16(20)7-5-12-4-6-13(14(8-12)21-3)22-10-15(17)19/h4-8,11H,9-10H2,1-3H3,(H2,17,19)(H,18,20)/b7-5+. The molecule has 0 bridgehead atoms. The van der Waals surface area contributed by atoms with E-state index < -0.39 is 5.91 Å². The summed E-state index contributed by atoms with van der Waals surface area (Å²) in [5, 5.41) is 2.79. The molecule has 1 aromatic rings. The molecule has 0 fully saturated rings. The van der Waals surface area contributed by atoms with Crippen LogP contribution in [0.5, 0.6) is 11.5 Å². The molecule has 1 aromatic carbocycles. The Morgan fingerprint density at radius 2 is 2.05 bits per heavy atom. The summed E-state index contributed by atoms with van der Waals surface area (Å²) in [6, 6.07) is 5.13. The number of hydrogen-bond acceptors (Lipinski definition) is 4. The van der Waals surface area contributed by atoms with E-state index in [1.807, 2.05) is 13.8 Å². The lowest BCUT2D eigenvalue weighted by atomic mass is 10.2. The van der Waals surface area contributed by atoms with Crippen LogP contribution in [0.2, 0.25) is 0 Å². The van der Waals surface area contributed by atoms with Crippen LogP contribution >= 0.6 is 0 Å². The van der Waals surface area contributed by atoms with Crippen LogP contribution in [-0.4, -0.2) is 32.1 Å². The maximum Gasteiger partial charge on any atom is 0.255 e. The van der Waals surface area contributed by atoms with Crippen LogP contribution < -0.4 is 20.5 Å². The fourth-order valence-corrected chi connectivity index (χ4v) is 1.59. The average Bonchev–Trinajstić information content (AvgIpc) is 2.48. The predicted molar refractivity (Wildman–Crippen MR) is 84.6 cm³/mol. The molecule has 0 aliphatic rings. The molecule has 0 aliphatic heterocycles. The minimum atomic E-state index is -0.562. The Morgan fingerprint density at radius 3 is 2.64 bits per heavy atom. The fourth-order valence-electron chi connectivity index (χ4n) is 1.59. The van der Waals surface area contributed by atoms with Crippen LogP contribution in [-0.2, 0) is 9.59 Å². The van der Waals surface area contributed by atoms with E-state index in [9.17, 15) is 9.59 Å². The van der Waals surface area contributed by atoms with E-state index >= 15 is 0 Å². The van der Waals surface area contributed by atoms with Crippen molar-refractivity contribution in [3.63, 3.8) is 0 Å².